The van der Waals surface area contributed by atoms with Crippen LogP contribution in [0.3, 0.4) is 0 Å². The van der Waals surface area contributed by atoms with E-state index in [1.54, 1.807) is 0 Å². The van der Waals surface area contributed by atoms with Crippen LogP contribution in [-0.4, -0.2) is 56.6 Å². The Hall–Kier alpha value is -0.240. The van der Waals surface area contributed by atoms with Gasteiger partial charge in [0.2, 0.25) is 0 Å². The van der Waals surface area contributed by atoms with Crippen molar-refractivity contribution in [3.63, 3.8) is 0 Å². The Morgan fingerprint density at radius 3 is 2.31 bits per heavy atom. The minimum atomic E-state index is -0.872. The Labute approximate surface area is 78.0 Å². The molecule has 0 aromatic rings. The van der Waals surface area contributed by atoms with E-state index in [0.29, 0.717) is 19.8 Å². The van der Waals surface area contributed by atoms with Crippen molar-refractivity contribution in [3.05, 3.63) is 0 Å². The number of rotatable bonds is 8. The third kappa shape index (κ3) is 11.8. The molecule has 0 spiro atoms. The summed E-state index contributed by atoms with van der Waals surface area (Å²) in [4.78, 5) is 0. The zero-order chi connectivity index (χ0) is 9.23. The van der Waals surface area contributed by atoms with E-state index in [9.17, 15) is 0 Å². The fraction of sp³-hybridized carbons (Fsp3) is 1.00. The first kappa shape index (κ1) is 15.2. The van der Waals surface area contributed by atoms with E-state index in [-0.39, 0.29) is 19.4 Å². The van der Waals surface area contributed by atoms with Crippen LogP contribution in [0.25, 0.3) is 0 Å². The van der Waals surface area contributed by atoms with Gasteiger partial charge in [-0.15, -0.1) is 0 Å². The smallest absolute Gasteiger partial charge is 0.177 e. The van der Waals surface area contributed by atoms with Gasteiger partial charge in [-0.3, -0.25) is 0 Å². The molecule has 0 bridgehead atoms. The molecule has 6 nitrogen and oxygen atoms in total. The van der Waals surface area contributed by atoms with Crippen molar-refractivity contribution in [2.75, 3.05) is 40.1 Å². The van der Waals surface area contributed by atoms with Gasteiger partial charge in [-0.25, -0.2) is 0 Å². The van der Waals surface area contributed by atoms with Gasteiger partial charge in [0.05, 0.1) is 33.0 Å². The normalized spacial score (nSPS) is 12.2. The van der Waals surface area contributed by atoms with Gasteiger partial charge in [0.1, 0.15) is 0 Å². The predicted molar refractivity (Wildman–Crippen MR) is 46.8 cm³/mol. The molecular formula is C7H19NO5. The number of aliphatic hydroxyl groups excluding tert-OH is 2. The Morgan fingerprint density at radius 2 is 1.77 bits per heavy atom. The topological polar surface area (TPSA) is 103 Å². The summed E-state index contributed by atoms with van der Waals surface area (Å²) in [6.07, 6.45) is -0.872. The average Bonchev–Trinajstić information content (AvgIpc) is 2.10. The van der Waals surface area contributed by atoms with E-state index in [0.717, 1.165) is 0 Å². The molecular weight excluding hydrogens is 178 g/mol. The Bertz CT molecular complexity index is 93.0. The number of hydrogen-bond acceptors (Lipinski definition) is 6. The number of aliphatic hydroxyl groups is 2. The first-order chi connectivity index (χ1) is 5.81. The molecule has 0 saturated heterocycles. The minimum absolute atomic E-state index is 0. The van der Waals surface area contributed by atoms with Crippen LogP contribution in [0.4, 0.5) is 0 Å². The summed E-state index contributed by atoms with van der Waals surface area (Å²) in [7, 11) is 1.40. The van der Waals surface area contributed by atoms with E-state index in [2.05, 4.69) is 4.74 Å². The molecule has 13 heavy (non-hydrogen) atoms. The molecule has 0 heterocycles. The fourth-order valence-corrected chi connectivity index (χ4v) is 0.537. The maximum absolute atomic E-state index is 8.83. The Morgan fingerprint density at radius 1 is 1.15 bits per heavy atom. The third-order valence-electron chi connectivity index (χ3n) is 1.14. The van der Waals surface area contributed by atoms with Crippen LogP contribution in [0.5, 0.6) is 0 Å². The number of methoxy groups -OCH3 is 1. The second-order valence-electron chi connectivity index (χ2n) is 2.10. The van der Waals surface area contributed by atoms with Crippen molar-refractivity contribution in [3.8, 4) is 0 Å². The molecule has 0 saturated carbocycles. The van der Waals surface area contributed by atoms with Gasteiger partial charge in [-0.05, 0) is 0 Å². The molecule has 0 fully saturated rings. The predicted octanol–water partition coefficient (Wildman–Crippen LogP) is -0.861. The maximum atomic E-state index is 8.83. The standard InChI is InChI=1S/C7H16O5.H3N/c1-10-7(9)6-12-5-4-11-3-2-8;/h7-9H,2-6H2,1H3;1H3. The lowest BCUT2D eigenvalue weighted by molar-refractivity contribution is -0.123. The van der Waals surface area contributed by atoms with Crippen LogP contribution >= 0.6 is 0 Å². The van der Waals surface area contributed by atoms with E-state index in [1.807, 2.05) is 0 Å². The van der Waals surface area contributed by atoms with Gasteiger partial charge in [0.25, 0.3) is 0 Å². The third-order valence-corrected chi connectivity index (χ3v) is 1.14. The summed E-state index contributed by atoms with van der Waals surface area (Å²) in [6.45, 7) is 1.27. The van der Waals surface area contributed by atoms with Gasteiger partial charge in [-0.2, -0.15) is 0 Å². The SMILES string of the molecule is COC(O)COCCOCCO.N. The number of hydrogen-bond donors (Lipinski definition) is 3. The summed E-state index contributed by atoms with van der Waals surface area (Å²) in [5.41, 5.74) is 0. The van der Waals surface area contributed by atoms with Crippen LogP contribution in [0, 0.1) is 0 Å². The van der Waals surface area contributed by atoms with Crippen molar-refractivity contribution in [2.24, 2.45) is 0 Å². The van der Waals surface area contributed by atoms with Crippen LogP contribution in [-0.2, 0) is 14.2 Å². The lowest BCUT2D eigenvalue weighted by Crippen LogP contribution is -2.19. The molecule has 6 heteroatoms. The monoisotopic (exact) mass is 197 g/mol. The molecule has 0 rings (SSSR count). The van der Waals surface area contributed by atoms with Crippen molar-refractivity contribution in [1.29, 1.82) is 0 Å². The fourth-order valence-electron chi connectivity index (χ4n) is 0.537. The van der Waals surface area contributed by atoms with E-state index >= 15 is 0 Å². The molecule has 0 radical (unpaired) electrons. The number of ether oxygens (including phenoxy) is 3. The summed E-state index contributed by atoms with van der Waals surface area (Å²) in [5, 5.41) is 17.2. The van der Waals surface area contributed by atoms with Gasteiger partial charge in [-0.1, -0.05) is 0 Å². The molecule has 0 aliphatic carbocycles. The highest BCUT2D eigenvalue weighted by Crippen LogP contribution is 1.85. The van der Waals surface area contributed by atoms with Gasteiger partial charge < -0.3 is 30.6 Å². The quantitative estimate of drug-likeness (QED) is 0.345. The van der Waals surface area contributed by atoms with E-state index in [1.165, 1.54) is 7.11 Å². The lowest BCUT2D eigenvalue weighted by atomic mass is 10.6. The highest BCUT2D eigenvalue weighted by Gasteiger charge is 1.99. The molecule has 5 N–H and O–H groups in total. The largest absolute Gasteiger partial charge is 0.394 e. The maximum Gasteiger partial charge on any atom is 0.177 e. The van der Waals surface area contributed by atoms with Crippen LogP contribution < -0.4 is 6.15 Å². The second kappa shape index (κ2) is 11.8. The highest BCUT2D eigenvalue weighted by atomic mass is 16.6. The van der Waals surface area contributed by atoms with Crippen molar-refractivity contribution in [1.82, 2.24) is 6.15 Å². The lowest BCUT2D eigenvalue weighted by Gasteiger charge is -2.08. The van der Waals surface area contributed by atoms with Gasteiger partial charge in [0, 0.05) is 7.11 Å². The minimum Gasteiger partial charge on any atom is -0.394 e. The van der Waals surface area contributed by atoms with Crippen LogP contribution in [0.15, 0.2) is 0 Å². The second-order valence-corrected chi connectivity index (χ2v) is 2.10. The molecule has 1 atom stereocenters. The molecule has 0 amide bonds. The Kier molecular flexibility index (Phi) is 13.8. The zero-order valence-electron chi connectivity index (χ0n) is 7.94. The van der Waals surface area contributed by atoms with Gasteiger partial charge >= 0.3 is 0 Å². The molecule has 0 aliphatic rings. The first-order valence-electron chi connectivity index (χ1n) is 3.78. The molecule has 0 aromatic carbocycles. The molecule has 1 unspecified atom stereocenters. The van der Waals surface area contributed by atoms with Crippen LogP contribution in [0.1, 0.15) is 0 Å². The van der Waals surface area contributed by atoms with Gasteiger partial charge in [0.15, 0.2) is 6.29 Å². The van der Waals surface area contributed by atoms with Crippen LogP contribution in [0.2, 0.25) is 0 Å². The average molecular weight is 197 g/mol. The van der Waals surface area contributed by atoms with Crippen molar-refractivity contribution < 1.29 is 24.4 Å². The van der Waals surface area contributed by atoms with Crippen molar-refractivity contribution in [2.45, 2.75) is 6.29 Å². The summed E-state index contributed by atoms with van der Waals surface area (Å²) in [5.74, 6) is 0. The van der Waals surface area contributed by atoms with Crippen molar-refractivity contribution >= 4 is 0 Å². The molecule has 82 valence electrons. The summed E-state index contributed by atoms with van der Waals surface area (Å²) >= 11 is 0. The summed E-state index contributed by atoms with van der Waals surface area (Å²) in [6, 6.07) is 0. The molecule has 0 aromatic heterocycles. The molecule has 0 aliphatic heterocycles. The summed E-state index contributed by atoms with van der Waals surface area (Å²) < 4.78 is 14.4. The first-order valence-corrected chi connectivity index (χ1v) is 3.78. The zero-order valence-corrected chi connectivity index (χ0v) is 7.94. The van der Waals surface area contributed by atoms with E-state index in [4.69, 9.17) is 19.7 Å². The highest BCUT2D eigenvalue weighted by molar-refractivity contribution is 4.35. The Balaban J connectivity index is 0. The van der Waals surface area contributed by atoms with E-state index < -0.39 is 6.29 Å².